The number of carbonyl (C=O) groups excluding carboxylic acids is 1. The van der Waals surface area contributed by atoms with Crippen LogP contribution in [0.5, 0.6) is 0 Å². The number of hydrogen-bond donors (Lipinski definition) is 0. The van der Waals surface area contributed by atoms with Gasteiger partial charge in [0.15, 0.2) is 12.1 Å². The third-order valence-corrected chi connectivity index (χ3v) is 4.97. The Hall–Kier alpha value is -1.00. The predicted molar refractivity (Wildman–Crippen MR) is 82.3 cm³/mol. The van der Waals surface area contributed by atoms with Crippen molar-refractivity contribution in [3.63, 3.8) is 0 Å². The molecular weight excluding hydrogens is 359 g/mol. The van der Waals surface area contributed by atoms with E-state index in [0.717, 1.165) is 21.3 Å². The molecule has 0 radical (unpaired) electrons. The van der Waals surface area contributed by atoms with Crippen molar-refractivity contribution in [1.29, 1.82) is 0 Å². The molecule has 4 atom stereocenters. The minimum Gasteiger partial charge on any atom is -0.463 e. The van der Waals surface area contributed by atoms with Crippen molar-refractivity contribution in [2.24, 2.45) is 0 Å². The third-order valence-electron chi connectivity index (χ3n) is 3.66. The largest absolute Gasteiger partial charge is 0.529 e. The van der Waals surface area contributed by atoms with Crippen LogP contribution in [-0.4, -0.2) is 64.8 Å². The van der Waals surface area contributed by atoms with Crippen molar-refractivity contribution in [1.82, 2.24) is 0 Å². The van der Waals surface area contributed by atoms with Gasteiger partial charge in [-0.1, -0.05) is 0 Å². The van der Waals surface area contributed by atoms with Crippen molar-refractivity contribution in [3.8, 4) is 0 Å². The zero-order valence-electron chi connectivity index (χ0n) is 14.9. The molecule has 0 bridgehead atoms. The Bertz CT molecular complexity index is 566. The maximum Gasteiger partial charge on any atom is 0.529 e. The Morgan fingerprint density at radius 1 is 1.12 bits per heavy atom. The molecule has 0 aromatic heterocycles. The second-order valence-electron chi connectivity index (χ2n) is 5.70. The summed E-state index contributed by atoms with van der Waals surface area (Å²) in [4.78, 5) is 11.9. The van der Waals surface area contributed by atoms with Crippen LogP contribution in [0.2, 0.25) is 0 Å². The van der Waals surface area contributed by atoms with Crippen LogP contribution in [0.25, 0.3) is 0 Å². The van der Waals surface area contributed by atoms with Gasteiger partial charge in [-0.05, 0) is 19.9 Å². The van der Waals surface area contributed by atoms with E-state index < -0.39 is 49.9 Å². The van der Waals surface area contributed by atoms with Gasteiger partial charge in [-0.3, -0.25) is 9.05 Å². The van der Waals surface area contributed by atoms with E-state index in [2.05, 4.69) is 13.8 Å². The van der Waals surface area contributed by atoms with Gasteiger partial charge in [0, 0.05) is 21.3 Å². The second-order valence-corrected chi connectivity index (χ2v) is 7.50. The number of methoxy groups -OCH3 is 2. The van der Waals surface area contributed by atoms with Crippen LogP contribution in [0.4, 0.5) is 0 Å². The molecule has 2 saturated heterocycles. The monoisotopic (exact) mass is 382 g/mol. The van der Waals surface area contributed by atoms with E-state index in [4.69, 9.17) is 23.5 Å². The molecule has 10 nitrogen and oxygen atoms in total. The molecule has 2 aliphatic rings. The highest BCUT2D eigenvalue weighted by Gasteiger charge is 2.55. The average molecular weight is 382 g/mol. The fraction of sp³-hybridized carbons (Fsp3) is 0.786. The lowest BCUT2D eigenvalue weighted by Gasteiger charge is -2.24. The summed E-state index contributed by atoms with van der Waals surface area (Å²) < 4.78 is 53.7. The average Bonchev–Trinajstić information content (AvgIpc) is 3.03. The van der Waals surface area contributed by atoms with Crippen molar-refractivity contribution in [3.05, 3.63) is 11.8 Å². The molecule has 0 saturated carbocycles. The highest BCUT2D eigenvalue weighted by molar-refractivity contribution is 7.48. The predicted octanol–water partition coefficient (Wildman–Crippen LogP) is 1.35. The molecule has 2 aliphatic heterocycles. The molecule has 0 spiro atoms. The number of rotatable bonds is 7. The molecule has 0 aliphatic carbocycles. The third kappa shape index (κ3) is 4.40. The van der Waals surface area contributed by atoms with Crippen LogP contribution in [0.15, 0.2) is 11.8 Å². The first-order valence-electron chi connectivity index (χ1n) is 7.43. The van der Waals surface area contributed by atoms with Crippen molar-refractivity contribution < 1.29 is 46.6 Å². The first kappa shape index (κ1) is 20.3. The number of ether oxygens (including phenoxy) is 5. The van der Waals surface area contributed by atoms with Crippen LogP contribution in [0.1, 0.15) is 13.8 Å². The minimum absolute atomic E-state index is 0.402. The lowest BCUT2D eigenvalue weighted by molar-refractivity contribution is -0.210. The number of esters is 1. The molecule has 0 unspecified atom stereocenters. The first-order chi connectivity index (χ1) is 11.7. The molecule has 2 rings (SSSR count). The van der Waals surface area contributed by atoms with Gasteiger partial charge in [-0.2, -0.15) is 0 Å². The smallest absolute Gasteiger partial charge is 0.463 e. The van der Waals surface area contributed by atoms with Gasteiger partial charge in [0.1, 0.15) is 18.3 Å². The van der Waals surface area contributed by atoms with Gasteiger partial charge in [0.25, 0.3) is 0 Å². The van der Waals surface area contributed by atoms with E-state index in [-0.39, 0.29) is 0 Å². The van der Waals surface area contributed by atoms with E-state index >= 15 is 0 Å². The number of carbonyl (C=O) groups is 1. The summed E-state index contributed by atoms with van der Waals surface area (Å²) in [7, 11) is 0.905. The van der Waals surface area contributed by atoms with E-state index in [9.17, 15) is 9.36 Å². The Morgan fingerprint density at radius 3 is 2.28 bits per heavy atom. The summed E-state index contributed by atoms with van der Waals surface area (Å²) in [6, 6.07) is 0. The zero-order chi connectivity index (χ0) is 18.8. The molecule has 0 amide bonds. The van der Waals surface area contributed by atoms with Crippen LogP contribution in [0.3, 0.4) is 0 Å². The molecule has 0 aromatic rings. The van der Waals surface area contributed by atoms with Gasteiger partial charge >= 0.3 is 13.8 Å². The van der Waals surface area contributed by atoms with Crippen molar-refractivity contribution >= 4 is 13.8 Å². The quantitative estimate of drug-likeness (QED) is 0.277. The molecular formula is C14H23O10P. The maximum absolute atomic E-state index is 12.2. The second kappa shape index (κ2) is 7.71. The summed E-state index contributed by atoms with van der Waals surface area (Å²) >= 11 is 0. The fourth-order valence-corrected chi connectivity index (χ4v) is 3.24. The Labute approximate surface area is 145 Å². The summed E-state index contributed by atoms with van der Waals surface area (Å²) in [6.07, 6.45) is -1.27. The molecule has 25 heavy (non-hydrogen) atoms. The van der Waals surface area contributed by atoms with Crippen molar-refractivity contribution in [2.45, 2.75) is 44.2 Å². The SMILES string of the molecule is COC(=O)/C(=C/[C@H]1O[C@@H]2OC(C)(C)O[C@@H]2[C@H]1OC)OP(=O)(OC)OC. The van der Waals surface area contributed by atoms with Gasteiger partial charge in [-0.25, -0.2) is 9.36 Å². The Kier molecular flexibility index (Phi) is 6.26. The summed E-state index contributed by atoms with van der Waals surface area (Å²) in [5.74, 6) is -2.10. The first-order valence-corrected chi connectivity index (χ1v) is 8.90. The van der Waals surface area contributed by atoms with Crippen LogP contribution >= 0.6 is 7.82 Å². The number of fused-ring (bicyclic) bond motifs is 1. The summed E-state index contributed by atoms with van der Waals surface area (Å²) in [6.45, 7) is 3.51. The van der Waals surface area contributed by atoms with Crippen LogP contribution in [-0.2, 0) is 46.6 Å². The lowest BCUT2D eigenvalue weighted by atomic mass is 10.1. The number of phosphoric acid groups is 1. The minimum atomic E-state index is -3.96. The number of hydrogen-bond acceptors (Lipinski definition) is 10. The van der Waals surface area contributed by atoms with Crippen LogP contribution < -0.4 is 0 Å². The highest BCUT2D eigenvalue weighted by atomic mass is 31.2. The Balaban J connectivity index is 2.24. The van der Waals surface area contributed by atoms with Gasteiger partial charge in [-0.15, -0.1) is 0 Å². The van der Waals surface area contributed by atoms with E-state index in [0.29, 0.717) is 0 Å². The van der Waals surface area contributed by atoms with E-state index in [1.54, 1.807) is 13.8 Å². The fourth-order valence-electron chi connectivity index (χ4n) is 2.56. The lowest BCUT2D eigenvalue weighted by Crippen LogP contribution is -2.35. The molecule has 0 N–H and O–H groups in total. The standard InChI is InChI=1S/C14H23O10P/c1-14(2)22-11-10(17-3)8(21-13(11)23-14)7-9(12(15)18-4)24-25(16,19-5)20-6/h7-8,10-11,13H,1-6H3/b9-7-/t8-,10+,11-,13-/m1/s1. The van der Waals surface area contributed by atoms with Gasteiger partial charge in [0.2, 0.25) is 5.76 Å². The van der Waals surface area contributed by atoms with Crippen LogP contribution in [0, 0.1) is 0 Å². The van der Waals surface area contributed by atoms with Gasteiger partial charge < -0.3 is 28.2 Å². The molecule has 11 heteroatoms. The van der Waals surface area contributed by atoms with Crippen molar-refractivity contribution in [2.75, 3.05) is 28.4 Å². The van der Waals surface area contributed by atoms with E-state index in [1.807, 2.05) is 0 Å². The Morgan fingerprint density at radius 2 is 1.76 bits per heavy atom. The molecule has 0 aromatic carbocycles. The summed E-state index contributed by atoms with van der Waals surface area (Å²) in [5.41, 5.74) is 0. The zero-order valence-corrected chi connectivity index (χ0v) is 15.8. The summed E-state index contributed by atoms with van der Waals surface area (Å²) in [5, 5.41) is 0. The number of phosphoric ester groups is 1. The molecule has 144 valence electrons. The molecule has 2 heterocycles. The van der Waals surface area contributed by atoms with E-state index in [1.165, 1.54) is 13.2 Å². The normalized spacial score (nSPS) is 31.7. The van der Waals surface area contributed by atoms with Gasteiger partial charge in [0.05, 0.1) is 7.11 Å². The highest BCUT2D eigenvalue weighted by Crippen LogP contribution is 2.50. The maximum atomic E-state index is 12.2. The molecule has 2 fully saturated rings. The topological polar surface area (TPSA) is 108 Å².